The SMILES string of the molecule is Cc1nc2ccccc2n1C1C[C@H]2CC[C@@H](C1)N2CCC(CN(C)C(=O)C1CCC(F)(F)CC1)c1ccccc1. The number of alkyl halides is 2. The summed E-state index contributed by atoms with van der Waals surface area (Å²) < 4.78 is 29.8. The smallest absolute Gasteiger partial charge is 0.248 e. The van der Waals surface area contributed by atoms with Gasteiger partial charge in [0.2, 0.25) is 11.8 Å². The Morgan fingerprint density at radius 3 is 2.33 bits per heavy atom. The fraction of sp³-hybridized carbons (Fsp3) is 0.576. The van der Waals surface area contributed by atoms with Crippen molar-refractivity contribution in [3.63, 3.8) is 0 Å². The molecule has 3 fully saturated rings. The first-order valence-electron chi connectivity index (χ1n) is 15.2. The molecule has 1 saturated carbocycles. The summed E-state index contributed by atoms with van der Waals surface area (Å²) in [6, 6.07) is 20.6. The Morgan fingerprint density at radius 1 is 0.975 bits per heavy atom. The molecule has 0 radical (unpaired) electrons. The molecule has 3 aromatic rings. The quantitative estimate of drug-likeness (QED) is 0.305. The van der Waals surface area contributed by atoms with Crippen molar-refractivity contribution in [2.45, 2.75) is 94.7 Å². The van der Waals surface area contributed by atoms with Gasteiger partial charge >= 0.3 is 0 Å². The number of rotatable bonds is 8. The van der Waals surface area contributed by atoms with Crippen molar-refractivity contribution in [3.05, 3.63) is 66.0 Å². The molecule has 6 rings (SSSR count). The van der Waals surface area contributed by atoms with Gasteiger partial charge in [0.25, 0.3) is 0 Å². The van der Waals surface area contributed by atoms with Gasteiger partial charge in [0.1, 0.15) is 5.82 Å². The van der Waals surface area contributed by atoms with Crippen LogP contribution >= 0.6 is 0 Å². The van der Waals surface area contributed by atoms with Gasteiger partial charge in [0.05, 0.1) is 11.0 Å². The number of aromatic nitrogens is 2. The Hall–Kier alpha value is -2.80. The van der Waals surface area contributed by atoms with Gasteiger partial charge in [-0.3, -0.25) is 9.69 Å². The van der Waals surface area contributed by atoms with Crippen molar-refractivity contribution in [1.29, 1.82) is 0 Å². The van der Waals surface area contributed by atoms with Crippen molar-refractivity contribution >= 4 is 16.9 Å². The van der Waals surface area contributed by atoms with E-state index in [1.54, 1.807) is 0 Å². The number of para-hydroxylation sites is 2. The Balaban J connectivity index is 1.12. The van der Waals surface area contributed by atoms with Crippen molar-refractivity contribution in [3.8, 4) is 0 Å². The zero-order valence-electron chi connectivity index (χ0n) is 23.8. The van der Waals surface area contributed by atoms with Crippen molar-refractivity contribution in [1.82, 2.24) is 19.4 Å². The number of halogens is 2. The van der Waals surface area contributed by atoms with Crippen LogP contribution in [0.25, 0.3) is 11.0 Å². The van der Waals surface area contributed by atoms with Crippen LogP contribution in [0.15, 0.2) is 54.6 Å². The average molecular weight is 549 g/mol. The third-order valence-electron chi connectivity index (χ3n) is 9.94. The van der Waals surface area contributed by atoms with Gasteiger partial charge in [0.15, 0.2) is 0 Å². The first-order valence-corrected chi connectivity index (χ1v) is 15.2. The number of nitrogens with zero attached hydrogens (tertiary/aromatic N) is 4. The molecule has 2 unspecified atom stereocenters. The molecule has 4 atom stereocenters. The molecule has 2 saturated heterocycles. The van der Waals surface area contributed by atoms with Gasteiger partial charge < -0.3 is 9.47 Å². The van der Waals surface area contributed by atoms with E-state index in [0.717, 1.165) is 37.1 Å². The fourth-order valence-electron chi connectivity index (χ4n) is 7.86. The molecular weight excluding hydrogens is 506 g/mol. The predicted octanol–water partition coefficient (Wildman–Crippen LogP) is 6.97. The van der Waals surface area contributed by atoms with E-state index in [9.17, 15) is 13.6 Å². The number of carbonyl (C=O) groups excluding carboxylic acids is 1. The van der Waals surface area contributed by atoms with E-state index in [1.807, 2.05) is 18.0 Å². The molecule has 3 heterocycles. The molecule has 1 amide bonds. The number of likely N-dealkylation sites (N-methyl/N-ethyl adjacent to an activating group) is 1. The summed E-state index contributed by atoms with van der Waals surface area (Å²) in [5.41, 5.74) is 3.58. The largest absolute Gasteiger partial charge is 0.345 e. The Labute approximate surface area is 236 Å². The van der Waals surface area contributed by atoms with Crippen LogP contribution in [0.3, 0.4) is 0 Å². The number of benzene rings is 2. The normalized spacial score (nSPS) is 25.8. The number of hydrogen-bond donors (Lipinski definition) is 0. The Kier molecular flexibility index (Phi) is 7.68. The molecule has 0 spiro atoms. The van der Waals surface area contributed by atoms with Gasteiger partial charge in [0, 0.05) is 56.4 Å². The fourth-order valence-corrected chi connectivity index (χ4v) is 7.86. The highest BCUT2D eigenvalue weighted by molar-refractivity contribution is 5.78. The summed E-state index contributed by atoms with van der Waals surface area (Å²) in [5, 5.41) is 0. The summed E-state index contributed by atoms with van der Waals surface area (Å²) in [4.78, 5) is 22.6. The van der Waals surface area contributed by atoms with Crippen molar-refractivity contribution < 1.29 is 13.6 Å². The standard InChI is InChI=1S/C33H42F2N4O/c1-23-36-30-10-6-7-11-31(30)39(23)29-20-27-12-13-28(21-29)38(27)19-16-26(24-8-4-3-5-9-24)22-37(2)32(40)25-14-17-33(34,35)18-15-25/h3-11,25-29H,12-22H2,1-2H3/t26?,27-,28+,29?. The summed E-state index contributed by atoms with van der Waals surface area (Å²) >= 11 is 0. The van der Waals surface area contributed by atoms with E-state index >= 15 is 0 Å². The number of carbonyl (C=O) groups is 1. The highest BCUT2D eigenvalue weighted by Gasteiger charge is 2.42. The van der Waals surface area contributed by atoms with Crippen LogP contribution in [0.2, 0.25) is 0 Å². The van der Waals surface area contributed by atoms with Gasteiger partial charge in [-0.05, 0) is 76.1 Å². The van der Waals surface area contributed by atoms with Crippen LogP contribution in [-0.4, -0.2) is 63.4 Å². The average Bonchev–Trinajstić information content (AvgIpc) is 3.41. The summed E-state index contributed by atoms with van der Waals surface area (Å²) in [7, 11) is 1.86. The monoisotopic (exact) mass is 548 g/mol. The molecule has 3 aliphatic rings. The van der Waals surface area contributed by atoms with Gasteiger partial charge in [-0.2, -0.15) is 0 Å². The van der Waals surface area contributed by atoms with Gasteiger partial charge in [-0.1, -0.05) is 42.5 Å². The second kappa shape index (κ2) is 11.2. The molecule has 0 N–H and O–H groups in total. The van der Waals surface area contributed by atoms with Crippen LogP contribution in [0, 0.1) is 12.8 Å². The highest BCUT2D eigenvalue weighted by Crippen LogP contribution is 2.43. The second-order valence-electron chi connectivity index (χ2n) is 12.5. The lowest BCUT2D eigenvalue weighted by Crippen LogP contribution is -2.45. The van der Waals surface area contributed by atoms with E-state index in [1.165, 1.54) is 23.9 Å². The van der Waals surface area contributed by atoms with Crippen molar-refractivity contribution in [2.24, 2.45) is 5.92 Å². The first-order chi connectivity index (χ1) is 19.3. The Bertz CT molecular complexity index is 1300. The predicted molar refractivity (Wildman–Crippen MR) is 155 cm³/mol. The first kappa shape index (κ1) is 27.4. The molecule has 214 valence electrons. The minimum Gasteiger partial charge on any atom is -0.345 e. The summed E-state index contributed by atoms with van der Waals surface area (Å²) in [6.07, 6.45) is 6.00. The maximum Gasteiger partial charge on any atom is 0.248 e. The van der Waals surface area contributed by atoms with Crippen LogP contribution in [0.5, 0.6) is 0 Å². The molecule has 7 heteroatoms. The van der Waals surface area contributed by atoms with Crippen LogP contribution in [0.4, 0.5) is 8.78 Å². The Morgan fingerprint density at radius 2 is 1.62 bits per heavy atom. The lowest BCUT2D eigenvalue weighted by molar-refractivity contribution is -0.138. The molecule has 1 aromatic heterocycles. The molecule has 2 bridgehead atoms. The van der Waals surface area contributed by atoms with Crippen LogP contribution in [0.1, 0.15) is 81.1 Å². The maximum absolute atomic E-state index is 13.7. The van der Waals surface area contributed by atoms with Crippen LogP contribution < -0.4 is 0 Å². The maximum atomic E-state index is 13.7. The summed E-state index contributed by atoms with van der Waals surface area (Å²) in [5.74, 6) is -1.54. The number of fused-ring (bicyclic) bond motifs is 3. The van der Waals surface area contributed by atoms with E-state index < -0.39 is 5.92 Å². The number of piperidine rings is 1. The lowest BCUT2D eigenvalue weighted by Gasteiger charge is -2.40. The van der Waals surface area contributed by atoms with Gasteiger partial charge in [-0.15, -0.1) is 0 Å². The van der Waals surface area contributed by atoms with Crippen LogP contribution in [-0.2, 0) is 4.79 Å². The number of aryl methyl sites for hydroxylation is 1. The van der Waals surface area contributed by atoms with E-state index in [-0.39, 0.29) is 43.4 Å². The molecule has 5 nitrogen and oxygen atoms in total. The number of imidazole rings is 1. The highest BCUT2D eigenvalue weighted by atomic mass is 19.3. The topological polar surface area (TPSA) is 41.4 Å². The van der Waals surface area contributed by atoms with E-state index in [2.05, 4.69) is 64.9 Å². The molecular formula is C33H42F2N4O. The molecule has 1 aliphatic carbocycles. The third kappa shape index (κ3) is 5.54. The van der Waals surface area contributed by atoms with E-state index in [4.69, 9.17) is 4.98 Å². The molecule has 2 aliphatic heterocycles. The summed E-state index contributed by atoms with van der Waals surface area (Å²) in [6.45, 7) is 3.78. The van der Waals surface area contributed by atoms with E-state index in [0.29, 0.717) is 24.7 Å². The third-order valence-corrected chi connectivity index (χ3v) is 9.94. The zero-order valence-corrected chi connectivity index (χ0v) is 23.8. The number of amides is 1. The van der Waals surface area contributed by atoms with Crippen molar-refractivity contribution in [2.75, 3.05) is 20.1 Å². The second-order valence-corrected chi connectivity index (χ2v) is 12.5. The van der Waals surface area contributed by atoms with Gasteiger partial charge in [-0.25, -0.2) is 13.8 Å². The minimum absolute atomic E-state index is 0.0280. The lowest BCUT2D eigenvalue weighted by atomic mass is 9.85. The molecule has 2 aromatic carbocycles. The molecule has 40 heavy (non-hydrogen) atoms. The minimum atomic E-state index is -2.61. The number of hydrogen-bond acceptors (Lipinski definition) is 3. The zero-order chi connectivity index (χ0) is 27.9.